The summed E-state index contributed by atoms with van der Waals surface area (Å²) in [6, 6.07) is 13.3. The van der Waals surface area contributed by atoms with Crippen molar-refractivity contribution in [2.75, 3.05) is 0 Å². The van der Waals surface area contributed by atoms with Crippen LogP contribution < -0.4 is 5.56 Å². The van der Waals surface area contributed by atoms with Gasteiger partial charge >= 0.3 is 0 Å². The van der Waals surface area contributed by atoms with E-state index in [9.17, 15) is 4.79 Å². The van der Waals surface area contributed by atoms with E-state index in [1.54, 1.807) is 23.5 Å². The smallest absolute Gasteiger partial charge is 0.260 e. The number of aromatic amines is 1. The van der Waals surface area contributed by atoms with Crippen molar-refractivity contribution in [2.45, 2.75) is 19.8 Å². The predicted molar refractivity (Wildman–Crippen MR) is 122 cm³/mol. The molecule has 2 heterocycles. The molecule has 4 aromatic rings. The lowest BCUT2D eigenvalue weighted by Gasteiger charge is -2.06. The number of hydrogen-bond donors (Lipinski definition) is 1. The molecule has 1 N–H and O–H groups in total. The molecule has 0 aliphatic carbocycles. The summed E-state index contributed by atoms with van der Waals surface area (Å²) in [6.45, 7) is 2.09. The van der Waals surface area contributed by atoms with Crippen LogP contribution in [0.25, 0.3) is 21.3 Å². The molecule has 4 rings (SSSR count). The second-order valence-corrected chi connectivity index (χ2v) is 9.21. The number of H-pyrrole nitrogens is 1. The maximum Gasteiger partial charge on any atom is 0.260 e. The van der Waals surface area contributed by atoms with Crippen molar-refractivity contribution in [3.8, 4) is 11.1 Å². The van der Waals surface area contributed by atoms with E-state index in [-0.39, 0.29) is 5.56 Å². The highest BCUT2D eigenvalue weighted by Gasteiger charge is 2.18. The number of hydrogen-bond acceptors (Lipinski definition) is 3. The summed E-state index contributed by atoms with van der Waals surface area (Å²) in [5.74, 6) is 0.591. The van der Waals surface area contributed by atoms with Gasteiger partial charge in [-0.2, -0.15) is 0 Å². The largest absolute Gasteiger partial charge is 0.310 e. The van der Waals surface area contributed by atoms with Gasteiger partial charge in [0.05, 0.1) is 5.39 Å². The molecule has 2 aromatic carbocycles. The second kappa shape index (κ2) is 7.99. The number of fused-ring (bicyclic) bond motifs is 1. The molecule has 0 saturated carbocycles. The molecule has 0 unspecified atom stereocenters. The molecule has 28 heavy (non-hydrogen) atoms. The Labute approximate surface area is 184 Å². The lowest BCUT2D eigenvalue weighted by atomic mass is 10.0. The van der Waals surface area contributed by atoms with Gasteiger partial charge in [0.25, 0.3) is 5.56 Å². The quantitative estimate of drug-likeness (QED) is 0.337. The lowest BCUT2D eigenvalue weighted by molar-refractivity contribution is 0.977. The van der Waals surface area contributed by atoms with E-state index in [1.807, 2.05) is 30.3 Å². The summed E-state index contributed by atoms with van der Waals surface area (Å²) in [7, 11) is 0. The minimum Gasteiger partial charge on any atom is -0.310 e. The molecule has 0 bridgehead atoms. The topological polar surface area (TPSA) is 45.8 Å². The Bertz CT molecular complexity index is 1230. The number of halogens is 3. The van der Waals surface area contributed by atoms with Crippen molar-refractivity contribution in [3.05, 3.63) is 83.6 Å². The van der Waals surface area contributed by atoms with E-state index in [1.165, 1.54) is 0 Å². The van der Waals surface area contributed by atoms with Gasteiger partial charge in [-0.15, -0.1) is 11.3 Å². The third-order valence-electron chi connectivity index (χ3n) is 4.51. The van der Waals surface area contributed by atoms with Gasteiger partial charge in [0, 0.05) is 31.4 Å². The summed E-state index contributed by atoms with van der Waals surface area (Å²) in [5.41, 5.74) is 2.74. The summed E-state index contributed by atoms with van der Waals surface area (Å²) in [6.07, 6.45) is 1.28. The van der Waals surface area contributed by atoms with E-state index >= 15 is 0 Å². The number of aryl methyl sites for hydroxylation is 1. The maximum absolute atomic E-state index is 13.0. The van der Waals surface area contributed by atoms with Crippen molar-refractivity contribution in [2.24, 2.45) is 0 Å². The summed E-state index contributed by atoms with van der Waals surface area (Å²) in [5, 5.41) is 1.79. The van der Waals surface area contributed by atoms with Crippen molar-refractivity contribution < 1.29 is 0 Å². The molecular formula is C21H15BrCl2N2OS. The molecule has 3 nitrogen and oxygen atoms in total. The molecule has 0 atom stereocenters. The van der Waals surface area contributed by atoms with Crippen molar-refractivity contribution in [1.29, 1.82) is 0 Å². The van der Waals surface area contributed by atoms with Gasteiger partial charge in [-0.3, -0.25) is 4.79 Å². The fourth-order valence-corrected chi connectivity index (χ4v) is 5.09. The first-order valence-corrected chi connectivity index (χ1v) is 11.1. The van der Waals surface area contributed by atoms with Gasteiger partial charge < -0.3 is 4.98 Å². The van der Waals surface area contributed by atoms with E-state index < -0.39 is 0 Å². The van der Waals surface area contributed by atoms with Crippen LogP contribution in [0, 0.1) is 0 Å². The van der Waals surface area contributed by atoms with Gasteiger partial charge in [0.1, 0.15) is 10.7 Å². The van der Waals surface area contributed by atoms with E-state index in [4.69, 9.17) is 28.2 Å². The molecule has 0 aliphatic rings. The van der Waals surface area contributed by atoms with Crippen molar-refractivity contribution >= 4 is 60.7 Å². The number of rotatable bonds is 4. The van der Waals surface area contributed by atoms with Gasteiger partial charge in [-0.1, -0.05) is 64.3 Å². The Balaban J connectivity index is 1.84. The molecule has 0 aliphatic heterocycles. The molecule has 0 saturated heterocycles. The highest BCUT2D eigenvalue weighted by molar-refractivity contribution is 9.10. The van der Waals surface area contributed by atoms with Crippen LogP contribution in [0.5, 0.6) is 0 Å². The number of thiophene rings is 1. The second-order valence-electron chi connectivity index (χ2n) is 6.37. The Morgan fingerprint density at radius 2 is 1.89 bits per heavy atom. The molecule has 2 aromatic heterocycles. The summed E-state index contributed by atoms with van der Waals surface area (Å²) < 4.78 is 1.00. The van der Waals surface area contributed by atoms with Crippen LogP contribution >= 0.6 is 50.5 Å². The first kappa shape index (κ1) is 19.6. The lowest BCUT2D eigenvalue weighted by Crippen LogP contribution is -2.12. The SMILES string of the molecule is CCc1sc2nc(Cc3ccc(Cl)cc3Cl)[nH]c(=O)c2c1-c1ccc(Br)cc1. The van der Waals surface area contributed by atoms with E-state index in [0.29, 0.717) is 27.7 Å². The molecule has 0 amide bonds. The molecule has 7 heteroatoms. The van der Waals surface area contributed by atoms with Gasteiger partial charge in [-0.05, 0) is 41.8 Å². The van der Waals surface area contributed by atoms with Crippen molar-refractivity contribution in [1.82, 2.24) is 9.97 Å². The Morgan fingerprint density at radius 3 is 2.57 bits per heavy atom. The van der Waals surface area contributed by atoms with Crippen LogP contribution in [0.4, 0.5) is 0 Å². The minimum absolute atomic E-state index is 0.126. The van der Waals surface area contributed by atoms with Crippen LogP contribution in [-0.4, -0.2) is 9.97 Å². The Hall–Kier alpha value is -1.66. The monoisotopic (exact) mass is 492 g/mol. The standard InChI is InChI=1S/C21H15BrCl2N2OS/c1-2-16-18(11-3-6-13(22)7-4-11)19-20(27)25-17(26-21(19)28-16)9-12-5-8-14(23)10-15(12)24/h3-8,10H,2,9H2,1H3,(H,25,26,27). The molecule has 142 valence electrons. The van der Waals surface area contributed by atoms with Crippen LogP contribution in [0.1, 0.15) is 23.2 Å². The van der Waals surface area contributed by atoms with Gasteiger partial charge in [-0.25, -0.2) is 4.98 Å². The molecule has 0 fully saturated rings. The Kier molecular flexibility index (Phi) is 5.61. The minimum atomic E-state index is -0.126. The van der Waals surface area contributed by atoms with E-state index in [0.717, 1.165) is 37.3 Å². The molecule has 0 radical (unpaired) electrons. The van der Waals surface area contributed by atoms with E-state index in [2.05, 4.69) is 27.8 Å². The van der Waals surface area contributed by atoms with Crippen LogP contribution in [0.2, 0.25) is 10.0 Å². The zero-order valence-corrected chi connectivity index (χ0v) is 18.8. The average molecular weight is 494 g/mol. The maximum atomic E-state index is 13.0. The third-order valence-corrected chi connectivity index (χ3v) is 6.85. The zero-order chi connectivity index (χ0) is 19.8. The molecule has 0 spiro atoms. The number of benzene rings is 2. The first-order chi connectivity index (χ1) is 13.5. The highest BCUT2D eigenvalue weighted by atomic mass is 79.9. The van der Waals surface area contributed by atoms with Gasteiger partial charge in [0.2, 0.25) is 0 Å². The average Bonchev–Trinajstić information content (AvgIpc) is 3.04. The number of aromatic nitrogens is 2. The van der Waals surface area contributed by atoms with Crippen LogP contribution in [0.15, 0.2) is 51.7 Å². The highest BCUT2D eigenvalue weighted by Crippen LogP contribution is 2.37. The van der Waals surface area contributed by atoms with Gasteiger partial charge in [0.15, 0.2) is 0 Å². The fourth-order valence-electron chi connectivity index (χ4n) is 3.20. The zero-order valence-electron chi connectivity index (χ0n) is 14.9. The summed E-state index contributed by atoms with van der Waals surface area (Å²) >= 11 is 17.3. The summed E-state index contributed by atoms with van der Waals surface area (Å²) in [4.78, 5) is 22.5. The Morgan fingerprint density at radius 1 is 1.14 bits per heavy atom. The third kappa shape index (κ3) is 3.77. The number of nitrogens with one attached hydrogen (secondary N) is 1. The predicted octanol–water partition coefficient (Wildman–Crippen LogP) is 6.87. The normalized spacial score (nSPS) is 11.3. The first-order valence-electron chi connectivity index (χ1n) is 8.70. The molecular weight excluding hydrogens is 479 g/mol. The van der Waals surface area contributed by atoms with Crippen LogP contribution in [0.3, 0.4) is 0 Å². The van der Waals surface area contributed by atoms with Crippen LogP contribution in [-0.2, 0) is 12.8 Å². The van der Waals surface area contributed by atoms with Crippen molar-refractivity contribution in [3.63, 3.8) is 0 Å². The fraction of sp³-hybridized carbons (Fsp3) is 0.143. The number of nitrogens with zero attached hydrogens (tertiary/aromatic N) is 1.